The standard InChI is InChI=1S/C12H13BrO5/c1-7(2)18-10(14)6-17-11-8(12(15)16)4-3-5-9(11)13/h3-5,7H,6H2,1-2H3,(H,15,16). The zero-order valence-corrected chi connectivity index (χ0v) is 11.6. The highest BCUT2D eigenvalue weighted by Gasteiger charge is 2.16. The average Bonchev–Trinajstić information content (AvgIpc) is 2.25. The molecule has 0 aliphatic heterocycles. The first kappa shape index (κ1) is 14.5. The van der Waals surface area contributed by atoms with Gasteiger partial charge in [0.1, 0.15) is 11.3 Å². The van der Waals surface area contributed by atoms with Gasteiger partial charge in [0.2, 0.25) is 0 Å². The molecular formula is C12H13BrO5. The number of carboxylic acid groups (broad SMARTS) is 1. The molecule has 0 spiro atoms. The molecular weight excluding hydrogens is 304 g/mol. The topological polar surface area (TPSA) is 72.8 Å². The van der Waals surface area contributed by atoms with Crippen molar-refractivity contribution in [3.05, 3.63) is 28.2 Å². The predicted octanol–water partition coefficient (Wildman–Crippen LogP) is 2.48. The van der Waals surface area contributed by atoms with E-state index in [9.17, 15) is 9.59 Å². The van der Waals surface area contributed by atoms with E-state index < -0.39 is 11.9 Å². The van der Waals surface area contributed by atoms with Crippen LogP contribution in [0.4, 0.5) is 0 Å². The van der Waals surface area contributed by atoms with Crippen LogP contribution in [0.2, 0.25) is 0 Å². The zero-order valence-electron chi connectivity index (χ0n) is 9.97. The number of rotatable bonds is 5. The van der Waals surface area contributed by atoms with Crippen LogP contribution in [0.1, 0.15) is 24.2 Å². The molecule has 0 saturated carbocycles. The van der Waals surface area contributed by atoms with Gasteiger partial charge in [-0.3, -0.25) is 0 Å². The van der Waals surface area contributed by atoms with Gasteiger partial charge in [-0.2, -0.15) is 0 Å². The van der Waals surface area contributed by atoms with Gasteiger partial charge in [0.15, 0.2) is 6.61 Å². The number of hydrogen-bond donors (Lipinski definition) is 1. The normalized spacial score (nSPS) is 10.2. The van der Waals surface area contributed by atoms with Gasteiger partial charge in [-0.15, -0.1) is 0 Å². The molecule has 98 valence electrons. The molecule has 0 amide bonds. The van der Waals surface area contributed by atoms with E-state index in [2.05, 4.69) is 15.9 Å². The van der Waals surface area contributed by atoms with Crippen LogP contribution in [-0.2, 0) is 9.53 Å². The molecule has 0 aromatic heterocycles. The SMILES string of the molecule is CC(C)OC(=O)COc1c(Br)cccc1C(=O)O. The Kier molecular flexibility index (Phi) is 5.15. The van der Waals surface area contributed by atoms with Crippen LogP contribution in [0.5, 0.6) is 5.75 Å². The Morgan fingerprint density at radius 1 is 1.39 bits per heavy atom. The van der Waals surface area contributed by atoms with Crippen LogP contribution >= 0.6 is 15.9 Å². The number of carbonyl (C=O) groups excluding carboxylic acids is 1. The maximum absolute atomic E-state index is 11.3. The fraction of sp³-hybridized carbons (Fsp3) is 0.333. The van der Waals surface area contributed by atoms with E-state index in [4.69, 9.17) is 14.6 Å². The molecule has 1 aromatic carbocycles. The first-order chi connectivity index (χ1) is 8.41. The maximum Gasteiger partial charge on any atom is 0.344 e. The Morgan fingerprint density at radius 2 is 2.06 bits per heavy atom. The third-order valence-electron chi connectivity index (χ3n) is 1.90. The second-order valence-corrected chi connectivity index (χ2v) is 4.60. The number of aromatic carboxylic acids is 1. The molecule has 18 heavy (non-hydrogen) atoms. The second kappa shape index (κ2) is 6.39. The van der Waals surface area contributed by atoms with Crippen LogP contribution < -0.4 is 4.74 Å². The molecule has 0 atom stereocenters. The highest BCUT2D eigenvalue weighted by Crippen LogP contribution is 2.29. The third-order valence-corrected chi connectivity index (χ3v) is 2.52. The fourth-order valence-electron chi connectivity index (χ4n) is 1.25. The lowest BCUT2D eigenvalue weighted by Crippen LogP contribution is -2.19. The monoisotopic (exact) mass is 316 g/mol. The van der Waals surface area contributed by atoms with Gasteiger partial charge in [0.05, 0.1) is 10.6 Å². The van der Waals surface area contributed by atoms with Crippen molar-refractivity contribution in [3.63, 3.8) is 0 Å². The van der Waals surface area contributed by atoms with Crippen molar-refractivity contribution < 1.29 is 24.2 Å². The summed E-state index contributed by atoms with van der Waals surface area (Å²) >= 11 is 3.18. The first-order valence-corrected chi connectivity index (χ1v) is 6.05. The number of esters is 1. The van der Waals surface area contributed by atoms with E-state index in [1.807, 2.05) is 0 Å². The lowest BCUT2D eigenvalue weighted by molar-refractivity contribution is -0.149. The van der Waals surface area contributed by atoms with E-state index in [0.717, 1.165) is 0 Å². The molecule has 0 radical (unpaired) electrons. The molecule has 6 heteroatoms. The average molecular weight is 317 g/mol. The summed E-state index contributed by atoms with van der Waals surface area (Å²) in [5.74, 6) is -1.55. The Balaban J connectivity index is 2.78. The lowest BCUT2D eigenvalue weighted by Gasteiger charge is -2.12. The van der Waals surface area contributed by atoms with Gasteiger partial charge < -0.3 is 14.6 Å². The van der Waals surface area contributed by atoms with Crippen molar-refractivity contribution in [2.75, 3.05) is 6.61 Å². The first-order valence-electron chi connectivity index (χ1n) is 5.26. The van der Waals surface area contributed by atoms with Crippen molar-refractivity contribution >= 4 is 27.9 Å². The van der Waals surface area contributed by atoms with Crippen LogP contribution in [-0.4, -0.2) is 29.8 Å². The minimum Gasteiger partial charge on any atom is -0.480 e. The number of para-hydroxylation sites is 1. The fourth-order valence-corrected chi connectivity index (χ4v) is 1.73. The molecule has 1 N–H and O–H groups in total. The summed E-state index contributed by atoms with van der Waals surface area (Å²) in [6.45, 7) is 3.11. The highest BCUT2D eigenvalue weighted by atomic mass is 79.9. The third kappa shape index (κ3) is 4.03. The molecule has 0 unspecified atom stereocenters. The van der Waals surface area contributed by atoms with E-state index >= 15 is 0 Å². The Morgan fingerprint density at radius 3 is 2.61 bits per heavy atom. The van der Waals surface area contributed by atoms with Crippen LogP contribution in [0.3, 0.4) is 0 Å². The maximum atomic E-state index is 11.3. The van der Waals surface area contributed by atoms with Crippen molar-refractivity contribution in [2.45, 2.75) is 20.0 Å². The van der Waals surface area contributed by atoms with E-state index in [1.54, 1.807) is 26.0 Å². The molecule has 0 bridgehead atoms. The van der Waals surface area contributed by atoms with Gasteiger partial charge >= 0.3 is 11.9 Å². The minimum atomic E-state index is -1.12. The van der Waals surface area contributed by atoms with Gasteiger partial charge in [-0.1, -0.05) is 6.07 Å². The largest absolute Gasteiger partial charge is 0.480 e. The van der Waals surface area contributed by atoms with Gasteiger partial charge in [0, 0.05) is 0 Å². The summed E-state index contributed by atoms with van der Waals surface area (Å²) in [6.07, 6.45) is -0.237. The zero-order chi connectivity index (χ0) is 13.7. The number of ether oxygens (including phenoxy) is 2. The summed E-state index contributed by atoms with van der Waals surface area (Å²) in [5, 5.41) is 8.98. The molecule has 0 aliphatic rings. The molecule has 0 fully saturated rings. The van der Waals surface area contributed by atoms with Gasteiger partial charge in [-0.05, 0) is 41.9 Å². The Bertz CT molecular complexity index is 456. The van der Waals surface area contributed by atoms with Crippen molar-refractivity contribution in [1.29, 1.82) is 0 Å². The molecule has 5 nitrogen and oxygen atoms in total. The van der Waals surface area contributed by atoms with Crippen LogP contribution in [0.25, 0.3) is 0 Å². The molecule has 0 aliphatic carbocycles. The van der Waals surface area contributed by atoms with E-state index in [0.29, 0.717) is 4.47 Å². The van der Waals surface area contributed by atoms with Crippen molar-refractivity contribution in [3.8, 4) is 5.75 Å². The summed E-state index contributed by atoms with van der Waals surface area (Å²) in [4.78, 5) is 22.3. The molecule has 0 heterocycles. The van der Waals surface area contributed by atoms with Gasteiger partial charge in [0.25, 0.3) is 0 Å². The number of carboxylic acids is 1. The highest BCUT2D eigenvalue weighted by molar-refractivity contribution is 9.10. The number of halogens is 1. The summed E-state index contributed by atoms with van der Waals surface area (Å²) in [5.41, 5.74) is -0.0123. The predicted molar refractivity (Wildman–Crippen MR) is 67.8 cm³/mol. The quantitative estimate of drug-likeness (QED) is 0.845. The molecule has 0 saturated heterocycles. The van der Waals surface area contributed by atoms with E-state index in [-0.39, 0.29) is 24.0 Å². The summed E-state index contributed by atoms with van der Waals surface area (Å²) < 4.78 is 10.5. The number of carbonyl (C=O) groups is 2. The lowest BCUT2D eigenvalue weighted by atomic mass is 10.2. The summed E-state index contributed by atoms with van der Waals surface area (Å²) in [7, 11) is 0. The van der Waals surface area contributed by atoms with Crippen LogP contribution in [0, 0.1) is 0 Å². The van der Waals surface area contributed by atoms with Gasteiger partial charge in [-0.25, -0.2) is 9.59 Å². The molecule has 1 rings (SSSR count). The number of benzene rings is 1. The second-order valence-electron chi connectivity index (χ2n) is 3.75. The minimum absolute atomic E-state index is 0.0123. The Labute approximate surface area is 113 Å². The van der Waals surface area contributed by atoms with Crippen LogP contribution in [0.15, 0.2) is 22.7 Å². The smallest absolute Gasteiger partial charge is 0.344 e. The Hall–Kier alpha value is -1.56. The molecule has 1 aromatic rings. The van der Waals surface area contributed by atoms with Crippen molar-refractivity contribution in [2.24, 2.45) is 0 Å². The summed E-state index contributed by atoms with van der Waals surface area (Å²) in [6, 6.07) is 4.61. The van der Waals surface area contributed by atoms with Crippen molar-refractivity contribution in [1.82, 2.24) is 0 Å². The van der Waals surface area contributed by atoms with E-state index in [1.165, 1.54) is 6.07 Å². The number of hydrogen-bond acceptors (Lipinski definition) is 4.